The monoisotopic (exact) mass is 236 g/mol. The zero-order valence-electron chi connectivity index (χ0n) is 10.1. The van der Waals surface area contributed by atoms with Crippen LogP contribution in [0.1, 0.15) is 31.4 Å². The van der Waals surface area contributed by atoms with Gasteiger partial charge in [0.25, 0.3) is 0 Å². The zero-order valence-corrected chi connectivity index (χ0v) is 10.1. The number of nitrogens with one attached hydrogen (secondary N) is 1. The van der Waals surface area contributed by atoms with Crippen molar-refractivity contribution in [2.45, 2.75) is 31.9 Å². The van der Waals surface area contributed by atoms with Crippen molar-refractivity contribution in [2.75, 3.05) is 12.3 Å². The number of nitrogen functional groups attached to an aromatic ring is 1. The normalized spacial score (nSPS) is 18.9. The molecule has 5 heteroatoms. The second-order valence-corrected chi connectivity index (χ2v) is 4.38. The van der Waals surface area contributed by atoms with Gasteiger partial charge in [0, 0.05) is 18.4 Å². The second kappa shape index (κ2) is 5.44. The van der Waals surface area contributed by atoms with Gasteiger partial charge in [-0.2, -0.15) is 0 Å². The van der Waals surface area contributed by atoms with Gasteiger partial charge in [0.2, 0.25) is 0 Å². The third-order valence-corrected chi connectivity index (χ3v) is 3.16. The molecule has 0 bridgehead atoms. The predicted molar refractivity (Wildman–Crippen MR) is 66.9 cm³/mol. The van der Waals surface area contributed by atoms with Crippen LogP contribution in [0.4, 0.5) is 5.82 Å². The summed E-state index contributed by atoms with van der Waals surface area (Å²) in [6.07, 6.45) is 4.15. The van der Waals surface area contributed by atoms with E-state index in [-0.39, 0.29) is 12.1 Å². The molecule has 0 aliphatic heterocycles. The van der Waals surface area contributed by atoms with E-state index >= 15 is 0 Å². The Hall–Kier alpha value is -1.17. The summed E-state index contributed by atoms with van der Waals surface area (Å²) in [4.78, 5) is 4.10. The molecular formula is C12H20N4O. The summed E-state index contributed by atoms with van der Waals surface area (Å²) >= 11 is 0. The summed E-state index contributed by atoms with van der Waals surface area (Å²) in [6.45, 7) is 2.68. The van der Waals surface area contributed by atoms with Crippen LogP contribution >= 0.6 is 0 Å². The molecule has 1 aliphatic rings. The number of aromatic nitrogens is 1. The molecule has 0 spiro atoms. The first-order valence-corrected chi connectivity index (χ1v) is 6.06. The molecule has 17 heavy (non-hydrogen) atoms. The van der Waals surface area contributed by atoms with Gasteiger partial charge in [-0.3, -0.25) is 11.3 Å². The fourth-order valence-corrected chi connectivity index (χ4v) is 2.18. The number of nitrogens with two attached hydrogens (primary N) is 2. The highest BCUT2D eigenvalue weighted by Crippen LogP contribution is 2.40. The van der Waals surface area contributed by atoms with Gasteiger partial charge in [-0.1, -0.05) is 6.07 Å². The Morgan fingerprint density at radius 3 is 2.88 bits per heavy atom. The molecule has 1 saturated carbocycles. The van der Waals surface area contributed by atoms with E-state index in [1.165, 1.54) is 12.8 Å². The Labute approximate surface area is 102 Å². The molecule has 1 aromatic heterocycles. The number of hydrogen-bond acceptors (Lipinski definition) is 5. The third-order valence-electron chi connectivity index (χ3n) is 3.16. The molecule has 5 N–H and O–H groups in total. The minimum atomic E-state index is -0.0869. The standard InChI is InChI=1S/C12H20N4O/c1-2-17-11(8-5-6-8)10(16-14)9-4-3-7-15-12(9)13/h3-4,7-8,10-11,16H,2,5-6,14H2,1H3,(H2,13,15). The van der Waals surface area contributed by atoms with Crippen LogP contribution in [0.15, 0.2) is 18.3 Å². The van der Waals surface area contributed by atoms with Crippen LogP contribution in [0.5, 0.6) is 0 Å². The molecule has 2 atom stereocenters. The third kappa shape index (κ3) is 2.74. The Morgan fingerprint density at radius 2 is 2.35 bits per heavy atom. The lowest BCUT2D eigenvalue weighted by Gasteiger charge is -2.27. The van der Waals surface area contributed by atoms with Crippen LogP contribution in [0.25, 0.3) is 0 Å². The van der Waals surface area contributed by atoms with Crippen molar-refractivity contribution in [2.24, 2.45) is 11.8 Å². The molecule has 1 aliphatic carbocycles. The molecule has 1 fully saturated rings. The summed E-state index contributed by atoms with van der Waals surface area (Å²) in [5, 5.41) is 0. The van der Waals surface area contributed by atoms with Gasteiger partial charge in [0.1, 0.15) is 5.82 Å². The number of hydrogen-bond donors (Lipinski definition) is 3. The van der Waals surface area contributed by atoms with E-state index in [9.17, 15) is 0 Å². The van der Waals surface area contributed by atoms with Crippen molar-refractivity contribution >= 4 is 5.82 Å². The molecule has 0 aromatic carbocycles. The first kappa shape index (κ1) is 12.3. The maximum atomic E-state index is 5.89. The van der Waals surface area contributed by atoms with E-state index < -0.39 is 0 Å². The smallest absolute Gasteiger partial charge is 0.128 e. The van der Waals surface area contributed by atoms with Crippen LogP contribution in [0.3, 0.4) is 0 Å². The van der Waals surface area contributed by atoms with Crippen LogP contribution in [0, 0.1) is 5.92 Å². The predicted octanol–water partition coefficient (Wildman–Crippen LogP) is 0.983. The van der Waals surface area contributed by atoms with Crippen molar-refractivity contribution in [1.29, 1.82) is 0 Å². The minimum absolute atomic E-state index is 0.0801. The first-order chi connectivity index (χ1) is 8.27. The average molecular weight is 236 g/mol. The Morgan fingerprint density at radius 1 is 1.59 bits per heavy atom. The molecule has 5 nitrogen and oxygen atoms in total. The summed E-state index contributed by atoms with van der Waals surface area (Å²) in [5.74, 6) is 6.75. The van der Waals surface area contributed by atoms with Gasteiger partial charge in [-0.05, 0) is 31.7 Å². The van der Waals surface area contributed by atoms with Crippen molar-refractivity contribution in [1.82, 2.24) is 10.4 Å². The largest absolute Gasteiger partial charge is 0.383 e. The molecule has 2 unspecified atom stereocenters. The topological polar surface area (TPSA) is 86.2 Å². The van der Waals surface area contributed by atoms with Crippen LogP contribution < -0.4 is 17.0 Å². The molecule has 2 rings (SSSR count). The van der Waals surface area contributed by atoms with Crippen molar-refractivity contribution in [3.8, 4) is 0 Å². The Balaban J connectivity index is 2.21. The molecule has 0 amide bonds. The van der Waals surface area contributed by atoms with Crippen molar-refractivity contribution < 1.29 is 4.74 Å². The van der Waals surface area contributed by atoms with Gasteiger partial charge in [-0.15, -0.1) is 0 Å². The summed E-state index contributed by atoms with van der Waals surface area (Å²) in [7, 11) is 0. The Bertz CT molecular complexity index is 367. The highest BCUT2D eigenvalue weighted by atomic mass is 16.5. The van der Waals surface area contributed by atoms with E-state index in [4.69, 9.17) is 16.3 Å². The van der Waals surface area contributed by atoms with E-state index in [1.54, 1.807) is 6.20 Å². The minimum Gasteiger partial charge on any atom is -0.383 e. The maximum Gasteiger partial charge on any atom is 0.128 e. The number of ether oxygens (including phenoxy) is 1. The zero-order chi connectivity index (χ0) is 12.3. The SMILES string of the molecule is CCOC(C1CC1)C(NN)c1cccnc1N. The van der Waals surface area contributed by atoms with E-state index in [0.29, 0.717) is 18.3 Å². The van der Waals surface area contributed by atoms with Gasteiger partial charge >= 0.3 is 0 Å². The molecule has 94 valence electrons. The number of rotatable bonds is 6. The number of hydrazine groups is 1. The number of anilines is 1. The second-order valence-electron chi connectivity index (χ2n) is 4.38. The fourth-order valence-electron chi connectivity index (χ4n) is 2.18. The number of nitrogens with zero attached hydrogens (tertiary/aromatic N) is 1. The number of pyridine rings is 1. The van der Waals surface area contributed by atoms with Crippen molar-refractivity contribution in [3.05, 3.63) is 23.9 Å². The van der Waals surface area contributed by atoms with Crippen LogP contribution in [-0.2, 0) is 4.74 Å². The quantitative estimate of drug-likeness (QED) is 0.506. The lowest BCUT2D eigenvalue weighted by molar-refractivity contribution is 0.0186. The highest BCUT2D eigenvalue weighted by molar-refractivity contribution is 5.41. The van der Waals surface area contributed by atoms with E-state index in [1.807, 2.05) is 19.1 Å². The molecule has 0 radical (unpaired) electrons. The lowest BCUT2D eigenvalue weighted by atomic mass is 9.99. The fraction of sp³-hybridized carbons (Fsp3) is 0.583. The molecule has 1 heterocycles. The van der Waals surface area contributed by atoms with E-state index in [0.717, 1.165) is 5.56 Å². The van der Waals surface area contributed by atoms with Crippen LogP contribution in [0.2, 0.25) is 0 Å². The highest BCUT2D eigenvalue weighted by Gasteiger charge is 2.38. The van der Waals surface area contributed by atoms with Gasteiger partial charge in [0.05, 0.1) is 12.1 Å². The Kier molecular flexibility index (Phi) is 3.93. The van der Waals surface area contributed by atoms with Crippen molar-refractivity contribution in [3.63, 3.8) is 0 Å². The average Bonchev–Trinajstić information content (AvgIpc) is 3.15. The molecular weight excluding hydrogens is 216 g/mol. The summed E-state index contributed by atoms with van der Waals surface area (Å²) < 4.78 is 5.80. The van der Waals surface area contributed by atoms with E-state index in [2.05, 4.69) is 10.4 Å². The maximum absolute atomic E-state index is 5.89. The summed E-state index contributed by atoms with van der Waals surface area (Å²) in [6, 6.07) is 3.73. The van der Waals surface area contributed by atoms with Gasteiger partial charge in [0.15, 0.2) is 0 Å². The van der Waals surface area contributed by atoms with Gasteiger partial charge in [-0.25, -0.2) is 4.98 Å². The summed E-state index contributed by atoms with van der Waals surface area (Å²) in [5.41, 5.74) is 9.63. The first-order valence-electron chi connectivity index (χ1n) is 6.06. The molecule has 0 saturated heterocycles. The molecule has 1 aromatic rings. The lowest BCUT2D eigenvalue weighted by Crippen LogP contribution is -2.39. The van der Waals surface area contributed by atoms with Crippen LogP contribution in [-0.4, -0.2) is 17.7 Å². The van der Waals surface area contributed by atoms with Gasteiger partial charge < -0.3 is 10.5 Å².